The summed E-state index contributed by atoms with van der Waals surface area (Å²) in [6.07, 6.45) is 5.64. The summed E-state index contributed by atoms with van der Waals surface area (Å²) in [4.78, 5) is 8.77. The molecule has 0 amide bonds. The van der Waals surface area contributed by atoms with Crippen LogP contribution in [0.25, 0.3) is 6.08 Å². The van der Waals surface area contributed by atoms with Gasteiger partial charge in [-0.25, -0.2) is 9.67 Å². The van der Waals surface area contributed by atoms with Crippen LogP contribution in [0, 0.1) is 0 Å². The Morgan fingerprint density at radius 1 is 1.07 bits per heavy atom. The molecule has 2 aliphatic rings. The summed E-state index contributed by atoms with van der Waals surface area (Å²) in [5, 5.41) is 5.48. The third kappa shape index (κ3) is 3.09. The molecule has 5 nitrogen and oxygen atoms in total. The Labute approximate surface area is 173 Å². The summed E-state index contributed by atoms with van der Waals surface area (Å²) in [7, 11) is 2.16. The molecule has 0 aliphatic carbocycles. The fraction of sp³-hybridized carbons (Fsp3) is 0.238. The molecule has 0 saturated carbocycles. The van der Waals surface area contributed by atoms with E-state index in [0.717, 1.165) is 24.6 Å². The van der Waals surface area contributed by atoms with Crippen LogP contribution in [0.5, 0.6) is 0 Å². The van der Waals surface area contributed by atoms with E-state index in [1.165, 1.54) is 16.7 Å². The zero-order chi connectivity index (χ0) is 19.3. The second kappa shape index (κ2) is 6.92. The molecule has 0 spiro atoms. The van der Waals surface area contributed by atoms with Gasteiger partial charge in [0.2, 0.25) is 0 Å². The Kier molecular flexibility index (Phi) is 4.38. The van der Waals surface area contributed by atoms with Crippen LogP contribution in [0.3, 0.4) is 0 Å². The SMILES string of the molecule is CN1Cc2cc(N3C=Cc4ncnn4C3)ccc2C(c2ccc(Cl)c(Cl)c2)C1. The van der Waals surface area contributed by atoms with E-state index in [0.29, 0.717) is 16.7 Å². The van der Waals surface area contributed by atoms with Crippen molar-refractivity contribution in [3.63, 3.8) is 0 Å². The van der Waals surface area contributed by atoms with Gasteiger partial charge in [-0.2, -0.15) is 5.10 Å². The number of anilines is 1. The van der Waals surface area contributed by atoms with Gasteiger partial charge in [-0.1, -0.05) is 35.3 Å². The normalized spacial score (nSPS) is 18.8. The van der Waals surface area contributed by atoms with Gasteiger partial charge in [0, 0.05) is 30.9 Å². The number of hydrogen-bond donors (Lipinski definition) is 0. The topological polar surface area (TPSA) is 37.2 Å². The molecule has 0 saturated heterocycles. The first-order valence-corrected chi connectivity index (χ1v) is 9.93. The predicted octanol–water partition coefficient (Wildman–Crippen LogP) is 4.61. The van der Waals surface area contributed by atoms with E-state index in [4.69, 9.17) is 23.2 Å². The molecule has 1 aromatic heterocycles. The smallest absolute Gasteiger partial charge is 0.154 e. The number of hydrogen-bond acceptors (Lipinski definition) is 4. The van der Waals surface area contributed by atoms with E-state index in [9.17, 15) is 0 Å². The van der Waals surface area contributed by atoms with Gasteiger partial charge in [0.15, 0.2) is 5.82 Å². The Morgan fingerprint density at radius 2 is 1.96 bits per heavy atom. The molecule has 3 heterocycles. The molecule has 3 aromatic rings. The molecule has 1 unspecified atom stereocenters. The third-order valence-electron chi connectivity index (χ3n) is 5.45. The molecular formula is C21H19Cl2N5. The number of likely N-dealkylation sites (N-methyl/N-ethyl adjacent to an activating group) is 1. The van der Waals surface area contributed by atoms with Crippen LogP contribution in [0.15, 0.2) is 48.9 Å². The molecule has 2 aromatic carbocycles. The van der Waals surface area contributed by atoms with E-state index in [-0.39, 0.29) is 5.92 Å². The van der Waals surface area contributed by atoms with Gasteiger partial charge in [-0.05, 0) is 54.1 Å². The Morgan fingerprint density at radius 3 is 2.82 bits per heavy atom. The van der Waals surface area contributed by atoms with Crippen molar-refractivity contribution in [2.24, 2.45) is 0 Å². The van der Waals surface area contributed by atoms with Gasteiger partial charge >= 0.3 is 0 Å². The molecule has 0 bridgehead atoms. The number of fused-ring (bicyclic) bond motifs is 2. The number of nitrogens with zero attached hydrogens (tertiary/aromatic N) is 5. The van der Waals surface area contributed by atoms with Crippen molar-refractivity contribution in [3.05, 3.63) is 81.5 Å². The Bertz CT molecular complexity index is 1070. The summed E-state index contributed by atoms with van der Waals surface area (Å²) in [5.74, 6) is 1.16. The molecule has 5 rings (SSSR count). The minimum Gasteiger partial charge on any atom is -0.328 e. The Hall–Kier alpha value is -2.34. The lowest BCUT2D eigenvalue weighted by atomic mass is 9.84. The maximum absolute atomic E-state index is 6.28. The van der Waals surface area contributed by atoms with Crippen LogP contribution in [0.1, 0.15) is 28.4 Å². The second-order valence-corrected chi connectivity index (χ2v) is 8.17. The van der Waals surface area contributed by atoms with Crippen LogP contribution in [0.4, 0.5) is 5.69 Å². The fourth-order valence-corrected chi connectivity index (χ4v) is 4.36. The number of rotatable bonds is 2. The number of halogens is 2. The molecule has 0 fully saturated rings. The molecule has 2 aliphatic heterocycles. The van der Waals surface area contributed by atoms with E-state index in [2.05, 4.69) is 57.4 Å². The van der Waals surface area contributed by atoms with Gasteiger partial charge in [-0.15, -0.1) is 0 Å². The van der Waals surface area contributed by atoms with Gasteiger partial charge in [0.05, 0.1) is 10.0 Å². The summed E-state index contributed by atoms with van der Waals surface area (Å²) < 4.78 is 1.89. The van der Waals surface area contributed by atoms with Crippen LogP contribution < -0.4 is 4.90 Å². The van der Waals surface area contributed by atoms with Crippen molar-refractivity contribution in [2.45, 2.75) is 19.1 Å². The van der Waals surface area contributed by atoms with Crippen molar-refractivity contribution < 1.29 is 0 Å². The highest BCUT2D eigenvalue weighted by Gasteiger charge is 2.26. The van der Waals surface area contributed by atoms with E-state index in [1.807, 2.05) is 22.9 Å². The average molecular weight is 412 g/mol. The van der Waals surface area contributed by atoms with Gasteiger partial charge in [0.1, 0.15) is 13.0 Å². The minimum atomic E-state index is 0.274. The van der Waals surface area contributed by atoms with E-state index >= 15 is 0 Å². The lowest BCUT2D eigenvalue weighted by Crippen LogP contribution is -2.31. The highest BCUT2D eigenvalue weighted by molar-refractivity contribution is 6.42. The summed E-state index contributed by atoms with van der Waals surface area (Å²) >= 11 is 12.4. The Balaban J connectivity index is 1.50. The van der Waals surface area contributed by atoms with Crippen molar-refractivity contribution in [3.8, 4) is 0 Å². The van der Waals surface area contributed by atoms with E-state index in [1.54, 1.807) is 6.33 Å². The van der Waals surface area contributed by atoms with Crippen LogP contribution in [-0.2, 0) is 13.2 Å². The second-order valence-electron chi connectivity index (χ2n) is 7.35. The van der Waals surface area contributed by atoms with Gasteiger partial charge in [0.25, 0.3) is 0 Å². The molecule has 142 valence electrons. The van der Waals surface area contributed by atoms with Crippen molar-refractivity contribution in [2.75, 3.05) is 18.5 Å². The minimum absolute atomic E-state index is 0.274. The highest BCUT2D eigenvalue weighted by Crippen LogP contribution is 2.37. The number of benzene rings is 2. The monoisotopic (exact) mass is 411 g/mol. The lowest BCUT2D eigenvalue weighted by Gasteiger charge is -2.34. The highest BCUT2D eigenvalue weighted by atomic mass is 35.5. The third-order valence-corrected chi connectivity index (χ3v) is 6.19. The summed E-state index contributed by atoms with van der Waals surface area (Å²) in [5.41, 5.74) is 5.03. The van der Waals surface area contributed by atoms with Crippen LogP contribution >= 0.6 is 23.2 Å². The largest absolute Gasteiger partial charge is 0.328 e. The van der Waals surface area contributed by atoms with Crippen molar-refractivity contribution >= 4 is 35.0 Å². The quantitative estimate of drug-likeness (QED) is 0.616. The molecule has 0 N–H and O–H groups in total. The predicted molar refractivity (Wildman–Crippen MR) is 113 cm³/mol. The molecule has 1 atom stereocenters. The average Bonchev–Trinajstić information content (AvgIpc) is 3.17. The maximum Gasteiger partial charge on any atom is 0.154 e. The standard InChI is InChI=1S/C21H19Cl2N5/c1-26-10-15-8-16(27-7-6-21-24-12-25-28(21)13-27)3-4-17(15)18(11-26)14-2-5-19(22)20(23)9-14/h2-9,12,18H,10-11,13H2,1H3. The zero-order valence-corrected chi connectivity index (χ0v) is 16.9. The molecule has 7 heteroatoms. The first-order chi connectivity index (χ1) is 13.6. The van der Waals surface area contributed by atoms with Crippen LogP contribution in [0.2, 0.25) is 10.0 Å². The summed E-state index contributed by atoms with van der Waals surface area (Å²) in [6.45, 7) is 2.54. The zero-order valence-electron chi connectivity index (χ0n) is 15.4. The van der Waals surface area contributed by atoms with Gasteiger partial charge in [-0.3, -0.25) is 0 Å². The molecule has 0 radical (unpaired) electrons. The molecule has 28 heavy (non-hydrogen) atoms. The lowest BCUT2D eigenvalue weighted by molar-refractivity contribution is 0.295. The summed E-state index contributed by atoms with van der Waals surface area (Å²) in [6, 6.07) is 12.7. The van der Waals surface area contributed by atoms with Gasteiger partial charge < -0.3 is 9.80 Å². The maximum atomic E-state index is 6.28. The first-order valence-electron chi connectivity index (χ1n) is 9.17. The van der Waals surface area contributed by atoms with E-state index < -0.39 is 0 Å². The number of aromatic nitrogens is 3. The van der Waals surface area contributed by atoms with Crippen LogP contribution in [-0.4, -0.2) is 33.3 Å². The first kappa shape index (κ1) is 17.7. The molecular weight excluding hydrogens is 393 g/mol. The van der Waals surface area contributed by atoms with Crippen molar-refractivity contribution in [1.82, 2.24) is 19.7 Å². The van der Waals surface area contributed by atoms with Crippen molar-refractivity contribution in [1.29, 1.82) is 0 Å². The fourth-order valence-electron chi connectivity index (χ4n) is 4.05.